The lowest BCUT2D eigenvalue weighted by Crippen LogP contribution is -2.10. The van der Waals surface area contributed by atoms with E-state index in [2.05, 4.69) is 5.32 Å². The summed E-state index contributed by atoms with van der Waals surface area (Å²) in [7, 11) is 1.52. The lowest BCUT2D eigenvalue weighted by molar-refractivity contribution is -0.111. The van der Waals surface area contributed by atoms with Gasteiger partial charge in [-0.05, 0) is 54.5 Å². The highest BCUT2D eigenvalue weighted by Crippen LogP contribution is 2.37. The summed E-state index contributed by atoms with van der Waals surface area (Å²) in [5.74, 6) is -0.947. The maximum Gasteiger partial charge on any atom is 0.248 e. The third-order valence-corrected chi connectivity index (χ3v) is 5.25. The summed E-state index contributed by atoms with van der Waals surface area (Å²) in [5, 5.41) is 3.53. The number of halogens is 3. The lowest BCUT2D eigenvalue weighted by Gasteiger charge is -2.10. The average molecular weight is 454 g/mol. The van der Waals surface area contributed by atoms with Crippen molar-refractivity contribution in [1.82, 2.24) is 0 Å². The number of carbonyl (C=O) groups excluding carboxylic acids is 1. The van der Waals surface area contributed by atoms with Gasteiger partial charge in [0.1, 0.15) is 23.0 Å². The fourth-order valence-electron chi connectivity index (χ4n) is 3.42. The molecule has 7 heteroatoms. The van der Waals surface area contributed by atoms with Crippen LogP contribution in [-0.4, -0.2) is 13.0 Å². The maximum absolute atomic E-state index is 14.0. The molecule has 3 aromatic carbocycles. The van der Waals surface area contributed by atoms with Crippen LogP contribution in [0.25, 0.3) is 27.7 Å². The standard InChI is InChI=1S/C25H18ClF2NO3/c1-14(9-25(30)29-22-8-5-16(26)10-21(22)28)18-11-19-20(15-3-6-17(27)7-4-15)13-32-24(19)12-23(18)31-2/h3-13H,1-2H3,(H,29,30)/b14-9+. The summed E-state index contributed by atoms with van der Waals surface area (Å²) < 4.78 is 38.5. The molecule has 1 amide bonds. The van der Waals surface area contributed by atoms with Gasteiger partial charge in [0, 0.05) is 33.7 Å². The fraction of sp³-hybridized carbons (Fsp3) is 0.0800. The van der Waals surface area contributed by atoms with Crippen LogP contribution in [0.3, 0.4) is 0 Å². The Balaban J connectivity index is 1.70. The van der Waals surface area contributed by atoms with Crippen molar-refractivity contribution < 1.29 is 22.7 Å². The highest BCUT2D eigenvalue weighted by atomic mass is 35.5. The first kappa shape index (κ1) is 21.6. The molecular formula is C25H18ClF2NO3. The summed E-state index contributed by atoms with van der Waals surface area (Å²) >= 11 is 5.75. The molecule has 1 N–H and O–H groups in total. The van der Waals surface area contributed by atoms with Gasteiger partial charge >= 0.3 is 0 Å². The number of amides is 1. The van der Waals surface area contributed by atoms with Crippen molar-refractivity contribution >= 4 is 39.7 Å². The minimum atomic E-state index is -0.627. The number of furan rings is 1. The number of anilines is 1. The molecule has 0 aliphatic heterocycles. The van der Waals surface area contributed by atoms with Crippen LogP contribution >= 0.6 is 11.6 Å². The second kappa shape index (κ2) is 8.85. The largest absolute Gasteiger partial charge is 0.496 e. The van der Waals surface area contributed by atoms with Gasteiger partial charge in [0.15, 0.2) is 0 Å². The number of nitrogens with one attached hydrogen (secondary N) is 1. The molecule has 0 aliphatic rings. The number of hydrogen-bond acceptors (Lipinski definition) is 3. The van der Waals surface area contributed by atoms with E-state index in [-0.39, 0.29) is 16.5 Å². The Hall–Kier alpha value is -3.64. The molecule has 32 heavy (non-hydrogen) atoms. The molecule has 0 unspecified atom stereocenters. The molecule has 1 aromatic heterocycles. The SMILES string of the molecule is COc1cc2occ(-c3ccc(F)cc3)c2cc1/C(C)=C/C(=O)Nc1ccc(Cl)cc1F. The van der Waals surface area contributed by atoms with Gasteiger partial charge in [0.25, 0.3) is 0 Å². The van der Waals surface area contributed by atoms with Crippen LogP contribution in [-0.2, 0) is 4.79 Å². The lowest BCUT2D eigenvalue weighted by atomic mass is 9.99. The molecule has 0 aliphatic carbocycles. The molecule has 0 fully saturated rings. The predicted molar refractivity (Wildman–Crippen MR) is 122 cm³/mol. The van der Waals surface area contributed by atoms with Crippen molar-refractivity contribution in [3.05, 3.63) is 89.2 Å². The van der Waals surface area contributed by atoms with E-state index in [1.54, 1.807) is 31.4 Å². The third-order valence-electron chi connectivity index (χ3n) is 5.01. The van der Waals surface area contributed by atoms with Gasteiger partial charge < -0.3 is 14.5 Å². The summed E-state index contributed by atoms with van der Waals surface area (Å²) in [6, 6.07) is 13.7. The Bertz CT molecular complexity index is 1340. The molecule has 0 spiro atoms. The van der Waals surface area contributed by atoms with Crippen LogP contribution in [0.5, 0.6) is 5.75 Å². The van der Waals surface area contributed by atoms with Crippen LogP contribution in [0, 0.1) is 11.6 Å². The van der Waals surface area contributed by atoms with Crippen molar-refractivity contribution in [3.63, 3.8) is 0 Å². The summed E-state index contributed by atoms with van der Waals surface area (Å²) in [4.78, 5) is 12.5. The minimum absolute atomic E-state index is 0.0271. The fourth-order valence-corrected chi connectivity index (χ4v) is 3.58. The zero-order valence-electron chi connectivity index (χ0n) is 17.2. The van der Waals surface area contributed by atoms with Crippen LogP contribution in [0.15, 0.2) is 71.4 Å². The Morgan fingerprint density at radius 1 is 1.09 bits per heavy atom. The molecule has 0 atom stereocenters. The van der Waals surface area contributed by atoms with E-state index in [1.165, 1.54) is 37.5 Å². The zero-order valence-corrected chi connectivity index (χ0v) is 18.0. The normalized spacial score (nSPS) is 11.6. The van der Waals surface area contributed by atoms with Crippen LogP contribution in [0.1, 0.15) is 12.5 Å². The summed E-state index contributed by atoms with van der Waals surface area (Å²) in [5.41, 5.74) is 3.45. The molecule has 0 saturated heterocycles. The van der Waals surface area contributed by atoms with Crippen molar-refractivity contribution in [2.24, 2.45) is 0 Å². The first-order chi connectivity index (χ1) is 15.4. The molecule has 1 heterocycles. The molecule has 0 bridgehead atoms. The van der Waals surface area contributed by atoms with Gasteiger partial charge in [-0.3, -0.25) is 4.79 Å². The third kappa shape index (κ3) is 4.36. The van der Waals surface area contributed by atoms with E-state index in [4.69, 9.17) is 20.8 Å². The molecular weight excluding hydrogens is 436 g/mol. The van der Waals surface area contributed by atoms with Crippen LogP contribution < -0.4 is 10.1 Å². The topological polar surface area (TPSA) is 51.5 Å². The summed E-state index contributed by atoms with van der Waals surface area (Å²) in [6.45, 7) is 1.75. The smallest absolute Gasteiger partial charge is 0.248 e. The van der Waals surface area contributed by atoms with Crippen molar-refractivity contribution in [1.29, 1.82) is 0 Å². The molecule has 0 saturated carbocycles. The number of methoxy groups -OCH3 is 1. The van der Waals surface area contributed by atoms with Crippen molar-refractivity contribution in [2.45, 2.75) is 6.92 Å². The first-order valence-electron chi connectivity index (χ1n) is 9.65. The van der Waals surface area contributed by atoms with Crippen LogP contribution in [0.4, 0.5) is 14.5 Å². The van der Waals surface area contributed by atoms with E-state index in [9.17, 15) is 13.6 Å². The first-order valence-corrected chi connectivity index (χ1v) is 10.0. The predicted octanol–water partition coefficient (Wildman–Crippen LogP) is 7.08. The Morgan fingerprint density at radius 3 is 2.53 bits per heavy atom. The van der Waals surface area contributed by atoms with E-state index in [0.29, 0.717) is 22.5 Å². The van der Waals surface area contributed by atoms with Crippen molar-refractivity contribution in [3.8, 4) is 16.9 Å². The number of benzene rings is 3. The summed E-state index contributed by atoms with van der Waals surface area (Å²) in [6.07, 6.45) is 2.95. The van der Waals surface area contributed by atoms with E-state index in [1.807, 2.05) is 6.07 Å². The molecule has 0 radical (unpaired) electrons. The molecule has 162 valence electrons. The highest BCUT2D eigenvalue weighted by Gasteiger charge is 2.15. The van der Waals surface area contributed by atoms with Gasteiger partial charge in [-0.2, -0.15) is 0 Å². The van der Waals surface area contributed by atoms with Crippen LogP contribution in [0.2, 0.25) is 5.02 Å². The Kier molecular flexibility index (Phi) is 5.97. The van der Waals surface area contributed by atoms with Crippen molar-refractivity contribution in [2.75, 3.05) is 12.4 Å². The van der Waals surface area contributed by atoms with E-state index in [0.717, 1.165) is 22.6 Å². The second-order valence-corrected chi connectivity index (χ2v) is 7.58. The minimum Gasteiger partial charge on any atom is -0.496 e. The Morgan fingerprint density at radius 2 is 1.84 bits per heavy atom. The van der Waals surface area contributed by atoms with E-state index < -0.39 is 11.7 Å². The molecule has 4 nitrogen and oxygen atoms in total. The van der Waals surface area contributed by atoms with Gasteiger partial charge in [-0.15, -0.1) is 0 Å². The average Bonchev–Trinajstić information content (AvgIpc) is 3.18. The van der Waals surface area contributed by atoms with Gasteiger partial charge in [-0.1, -0.05) is 23.7 Å². The number of carbonyl (C=O) groups is 1. The number of allylic oxidation sites excluding steroid dienone is 1. The van der Waals surface area contributed by atoms with E-state index >= 15 is 0 Å². The highest BCUT2D eigenvalue weighted by molar-refractivity contribution is 6.30. The number of hydrogen-bond donors (Lipinski definition) is 1. The zero-order chi connectivity index (χ0) is 22.8. The number of fused-ring (bicyclic) bond motifs is 1. The van der Waals surface area contributed by atoms with Gasteiger partial charge in [0.05, 0.1) is 19.1 Å². The Labute approximate surface area is 188 Å². The maximum atomic E-state index is 14.0. The number of ether oxygens (including phenoxy) is 1. The monoisotopic (exact) mass is 453 g/mol. The molecule has 4 aromatic rings. The quantitative estimate of drug-likeness (QED) is 0.328. The number of rotatable bonds is 5. The second-order valence-electron chi connectivity index (χ2n) is 7.15. The van der Waals surface area contributed by atoms with Gasteiger partial charge in [0.2, 0.25) is 5.91 Å². The van der Waals surface area contributed by atoms with Gasteiger partial charge in [-0.25, -0.2) is 8.78 Å². The molecule has 4 rings (SSSR count).